The summed E-state index contributed by atoms with van der Waals surface area (Å²) in [5.74, 6) is -0.137. The van der Waals surface area contributed by atoms with E-state index in [2.05, 4.69) is 39.9 Å². The van der Waals surface area contributed by atoms with Gasteiger partial charge in [0.15, 0.2) is 0 Å². The highest BCUT2D eigenvalue weighted by Crippen LogP contribution is 2.30. The van der Waals surface area contributed by atoms with E-state index in [0.717, 1.165) is 25.7 Å². The van der Waals surface area contributed by atoms with Gasteiger partial charge in [0.05, 0.1) is 12.0 Å². The second kappa shape index (κ2) is 13.5. The molecule has 0 atom stereocenters. The van der Waals surface area contributed by atoms with E-state index in [1.165, 1.54) is 26.2 Å². The highest BCUT2D eigenvalue weighted by atomic mass is 16.5. The number of Topliss-reactive ketones (excluding diaryl/α,β-unsaturated/α-hetero) is 2. The summed E-state index contributed by atoms with van der Waals surface area (Å²) in [7, 11) is 0. The third-order valence-electron chi connectivity index (χ3n) is 5.44. The molecule has 0 aliphatic carbocycles. The maximum absolute atomic E-state index is 12.1. The van der Waals surface area contributed by atoms with Gasteiger partial charge in [-0.15, -0.1) is 0 Å². The molecule has 1 aliphatic heterocycles. The van der Waals surface area contributed by atoms with Crippen molar-refractivity contribution in [3.05, 3.63) is 35.9 Å². The minimum atomic E-state index is -0.223. The van der Waals surface area contributed by atoms with Crippen LogP contribution in [0.15, 0.2) is 30.3 Å². The first-order chi connectivity index (χ1) is 14.9. The van der Waals surface area contributed by atoms with E-state index in [1.54, 1.807) is 12.1 Å². The van der Waals surface area contributed by atoms with Crippen LogP contribution in [-0.2, 0) is 14.3 Å². The first-order valence-electron chi connectivity index (χ1n) is 12.0. The average molecular weight is 446 g/mol. The normalized spacial score (nSPS) is 17.1. The smallest absolute Gasteiger partial charge is 0.338 e. The van der Waals surface area contributed by atoms with Crippen molar-refractivity contribution >= 4 is 17.5 Å². The number of unbranched alkanes of at least 4 members (excludes halogenated alkanes) is 4. The fourth-order valence-corrected chi connectivity index (χ4v) is 4.40. The van der Waals surface area contributed by atoms with E-state index in [-0.39, 0.29) is 41.1 Å². The number of carbonyl (C=O) groups excluding carboxylic acids is 3. The van der Waals surface area contributed by atoms with E-state index in [0.29, 0.717) is 12.0 Å². The van der Waals surface area contributed by atoms with Crippen molar-refractivity contribution in [2.24, 2.45) is 0 Å². The molecule has 0 spiro atoms. The molecule has 180 valence electrons. The van der Waals surface area contributed by atoms with Crippen LogP contribution in [0.25, 0.3) is 0 Å². The van der Waals surface area contributed by atoms with Gasteiger partial charge in [-0.25, -0.2) is 4.79 Å². The van der Waals surface area contributed by atoms with Gasteiger partial charge in [0.1, 0.15) is 17.7 Å². The molecule has 0 aromatic heterocycles. The largest absolute Gasteiger partial charge is 0.459 e. The summed E-state index contributed by atoms with van der Waals surface area (Å²) in [6.07, 6.45) is 8.13. The molecule has 0 radical (unpaired) electrons. The van der Waals surface area contributed by atoms with Crippen molar-refractivity contribution in [3.8, 4) is 0 Å². The van der Waals surface area contributed by atoms with Crippen LogP contribution < -0.4 is 5.32 Å². The number of esters is 1. The van der Waals surface area contributed by atoms with Crippen molar-refractivity contribution in [1.29, 1.82) is 0 Å². The van der Waals surface area contributed by atoms with Gasteiger partial charge in [-0.2, -0.15) is 0 Å². The number of benzene rings is 1. The highest BCUT2D eigenvalue weighted by molar-refractivity contribution is 5.97. The average Bonchev–Trinajstić information content (AvgIpc) is 2.66. The number of piperidine rings is 1. The zero-order valence-corrected chi connectivity index (χ0v) is 21.0. The van der Waals surface area contributed by atoms with E-state index in [1.807, 2.05) is 18.2 Å². The predicted molar refractivity (Wildman–Crippen MR) is 130 cm³/mol. The Morgan fingerprint density at radius 2 is 1.50 bits per heavy atom. The van der Waals surface area contributed by atoms with Crippen LogP contribution in [0.4, 0.5) is 0 Å². The van der Waals surface area contributed by atoms with Gasteiger partial charge in [-0.1, -0.05) is 50.8 Å². The minimum Gasteiger partial charge on any atom is -0.459 e. The third kappa shape index (κ3) is 12.1. The lowest BCUT2D eigenvalue weighted by Gasteiger charge is -2.45. The second-order valence-corrected chi connectivity index (χ2v) is 10.3. The van der Waals surface area contributed by atoms with Crippen molar-refractivity contribution in [3.63, 3.8) is 0 Å². The van der Waals surface area contributed by atoms with Crippen LogP contribution in [0, 0.1) is 0 Å². The SMILES string of the molecule is CC1(C)CC(OC(=O)c2ccccc2)CC(C)(C)N1.CCCCCCCC(=O)CC(C)=O. The standard InChI is InChI=1S/C16H23NO2.C11H20O2/c1-15(2)10-13(11-16(3,4)17-15)19-14(18)12-8-6-5-7-9-12;1-3-4-5-6-7-8-11(13)9-10(2)12/h5-9,13,17H,10-11H2,1-4H3;3-9H2,1-2H3. The Kier molecular flexibility index (Phi) is 11.8. The van der Waals surface area contributed by atoms with Crippen molar-refractivity contribution < 1.29 is 19.1 Å². The van der Waals surface area contributed by atoms with E-state index < -0.39 is 0 Å². The van der Waals surface area contributed by atoms with Crippen LogP contribution in [0.3, 0.4) is 0 Å². The Morgan fingerprint density at radius 1 is 0.938 bits per heavy atom. The van der Waals surface area contributed by atoms with Gasteiger partial charge in [0.25, 0.3) is 0 Å². The Hall–Kier alpha value is -2.01. The Morgan fingerprint density at radius 3 is 2.03 bits per heavy atom. The van der Waals surface area contributed by atoms with Crippen molar-refractivity contribution in [2.75, 3.05) is 0 Å². The van der Waals surface area contributed by atoms with Crippen LogP contribution in [0.5, 0.6) is 0 Å². The number of carbonyl (C=O) groups is 3. The quantitative estimate of drug-likeness (QED) is 0.270. The topological polar surface area (TPSA) is 72.5 Å². The molecule has 1 aromatic carbocycles. The summed E-state index contributed by atoms with van der Waals surface area (Å²) in [6.45, 7) is 12.2. The predicted octanol–water partition coefficient (Wildman–Crippen LogP) is 6.05. The summed E-state index contributed by atoms with van der Waals surface area (Å²) in [5.41, 5.74) is 0.601. The van der Waals surface area contributed by atoms with Gasteiger partial charge >= 0.3 is 5.97 Å². The number of rotatable bonds is 10. The molecule has 1 fully saturated rings. The molecule has 0 bridgehead atoms. The molecule has 2 rings (SSSR count). The summed E-state index contributed by atoms with van der Waals surface area (Å²) in [5, 5.41) is 3.58. The zero-order chi connectivity index (χ0) is 24.2. The molecule has 0 unspecified atom stereocenters. The minimum absolute atomic E-state index is 0.0105. The molecule has 1 aliphatic rings. The summed E-state index contributed by atoms with van der Waals surface area (Å²) >= 11 is 0. The number of hydrogen-bond donors (Lipinski definition) is 1. The number of hydrogen-bond acceptors (Lipinski definition) is 5. The van der Waals surface area contributed by atoms with Gasteiger partial charge in [-0.05, 0) is 53.2 Å². The van der Waals surface area contributed by atoms with Gasteiger partial charge < -0.3 is 10.1 Å². The lowest BCUT2D eigenvalue weighted by Crippen LogP contribution is -2.59. The van der Waals surface area contributed by atoms with Crippen LogP contribution in [0.2, 0.25) is 0 Å². The second-order valence-electron chi connectivity index (χ2n) is 10.3. The van der Waals surface area contributed by atoms with Crippen LogP contribution in [-0.4, -0.2) is 34.7 Å². The molecule has 1 N–H and O–H groups in total. The lowest BCUT2D eigenvalue weighted by molar-refractivity contribution is -0.125. The Bertz CT molecular complexity index is 708. The molecule has 32 heavy (non-hydrogen) atoms. The number of ketones is 2. The van der Waals surface area contributed by atoms with Crippen LogP contribution >= 0.6 is 0 Å². The van der Waals surface area contributed by atoms with Crippen LogP contribution in [0.1, 0.15) is 110 Å². The summed E-state index contributed by atoms with van der Waals surface area (Å²) < 4.78 is 5.67. The molecule has 1 saturated heterocycles. The van der Waals surface area contributed by atoms with E-state index >= 15 is 0 Å². The summed E-state index contributed by atoms with van der Waals surface area (Å²) in [6, 6.07) is 9.19. The Labute approximate surface area is 194 Å². The Balaban J connectivity index is 0.000000347. The first-order valence-corrected chi connectivity index (χ1v) is 12.0. The molecule has 5 heteroatoms. The fourth-order valence-electron chi connectivity index (χ4n) is 4.40. The van der Waals surface area contributed by atoms with Crippen molar-refractivity contribution in [2.45, 2.75) is 117 Å². The van der Waals surface area contributed by atoms with Gasteiger partial charge in [-0.3, -0.25) is 9.59 Å². The first kappa shape index (κ1) is 28.0. The maximum Gasteiger partial charge on any atom is 0.338 e. The summed E-state index contributed by atoms with van der Waals surface area (Å²) in [4.78, 5) is 33.7. The molecular formula is C27H43NO4. The molecule has 0 saturated carbocycles. The van der Waals surface area contributed by atoms with Gasteiger partial charge in [0.2, 0.25) is 0 Å². The number of ether oxygens (including phenoxy) is 1. The monoisotopic (exact) mass is 445 g/mol. The molecule has 5 nitrogen and oxygen atoms in total. The molecule has 1 heterocycles. The molecular weight excluding hydrogens is 402 g/mol. The molecule has 0 amide bonds. The van der Waals surface area contributed by atoms with Gasteiger partial charge in [0, 0.05) is 30.3 Å². The van der Waals surface area contributed by atoms with E-state index in [9.17, 15) is 14.4 Å². The van der Waals surface area contributed by atoms with E-state index in [4.69, 9.17) is 4.74 Å². The third-order valence-corrected chi connectivity index (χ3v) is 5.44. The highest BCUT2D eigenvalue weighted by Gasteiger charge is 2.39. The lowest BCUT2D eigenvalue weighted by atomic mass is 9.81. The fraction of sp³-hybridized carbons (Fsp3) is 0.667. The number of nitrogens with one attached hydrogen (secondary N) is 1. The van der Waals surface area contributed by atoms with Crippen molar-refractivity contribution in [1.82, 2.24) is 5.32 Å². The zero-order valence-electron chi connectivity index (χ0n) is 21.0. The molecule has 1 aromatic rings. The maximum atomic E-state index is 12.1.